The molecular formula is C18H20N2O3. The van der Waals surface area contributed by atoms with Crippen molar-refractivity contribution < 1.29 is 14.7 Å². The number of amides is 1. The molecule has 23 heavy (non-hydrogen) atoms. The molecule has 0 unspecified atom stereocenters. The summed E-state index contributed by atoms with van der Waals surface area (Å²) in [5.74, 6) is 4.51. The third-order valence-electron chi connectivity index (χ3n) is 3.62. The summed E-state index contributed by atoms with van der Waals surface area (Å²) in [6.45, 7) is 2.49. The van der Waals surface area contributed by atoms with Gasteiger partial charge in [0, 0.05) is 12.1 Å². The predicted octanol–water partition coefficient (Wildman–Crippen LogP) is 3.17. The largest absolute Gasteiger partial charge is 0.478 e. The molecular weight excluding hydrogens is 292 g/mol. The lowest BCUT2D eigenvalue weighted by Crippen LogP contribution is -2.38. The maximum atomic E-state index is 12.6. The Balaban J connectivity index is 2.47. The third kappa shape index (κ3) is 3.76. The molecule has 2 rings (SSSR count). The second kappa shape index (κ2) is 7.56. The molecule has 0 aliphatic carbocycles. The van der Waals surface area contributed by atoms with Gasteiger partial charge in [-0.2, -0.15) is 0 Å². The minimum atomic E-state index is -1.03. The minimum absolute atomic E-state index is 0.157. The van der Waals surface area contributed by atoms with Crippen molar-refractivity contribution >= 4 is 11.9 Å². The van der Waals surface area contributed by atoms with Gasteiger partial charge in [-0.15, -0.1) is 0 Å². The van der Waals surface area contributed by atoms with E-state index >= 15 is 0 Å². The average molecular weight is 312 g/mol. The van der Waals surface area contributed by atoms with E-state index in [1.807, 2.05) is 6.92 Å². The van der Waals surface area contributed by atoms with Crippen LogP contribution in [-0.4, -0.2) is 28.5 Å². The number of carboxylic acid groups (broad SMARTS) is 1. The maximum absolute atomic E-state index is 12.6. The second-order valence-corrected chi connectivity index (χ2v) is 5.25. The molecule has 0 fully saturated rings. The normalized spacial score (nSPS) is 10.3. The Morgan fingerprint density at radius 2 is 1.52 bits per heavy atom. The summed E-state index contributed by atoms with van der Waals surface area (Å²) >= 11 is 0. The van der Waals surface area contributed by atoms with Crippen LogP contribution < -0.4 is 5.84 Å². The first-order chi connectivity index (χ1) is 11.1. The van der Waals surface area contributed by atoms with E-state index in [1.165, 1.54) is 11.1 Å². The van der Waals surface area contributed by atoms with Crippen LogP contribution in [-0.2, 0) is 0 Å². The molecule has 5 heteroatoms. The number of benzene rings is 2. The minimum Gasteiger partial charge on any atom is -0.478 e. The molecule has 0 spiro atoms. The fourth-order valence-corrected chi connectivity index (χ4v) is 2.39. The van der Waals surface area contributed by atoms with Gasteiger partial charge >= 0.3 is 5.97 Å². The Morgan fingerprint density at radius 1 is 1.00 bits per heavy atom. The molecule has 0 aromatic heterocycles. The van der Waals surface area contributed by atoms with E-state index in [9.17, 15) is 14.7 Å². The highest BCUT2D eigenvalue weighted by Crippen LogP contribution is 2.28. The zero-order chi connectivity index (χ0) is 16.8. The van der Waals surface area contributed by atoms with Crippen LogP contribution >= 0.6 is 0 Å². The first-order valence-corrected chi connectivity index (χ1v) is 7.54. The van der Waals surface area contributed by atoms with E-state index in [1.54, 1.807) is 42.5 Å². The van der Waals surface area contributed by atoms with Crippen LogP contribution in [0.5, 0.6) is 0 Å². The van der Waals surface area contributed by atoms with Crippen molar-refractivity contribution in [1.82, 2.24) is 5.01 Å². The first-order valence-electron chi connectivity index (χ1n) is 7.54. The number of carbonyl (C=O) groups excluding carboxylic acids is 1. The number of unbranched alkanes of at least 4 members (excludes halogenated alkanes) is 1. The van der Waals surface area contributed by atoms with Crippen molar-refractivity contribution in [3.05, 3.63) is 59.7 Å². The molecule has 1 amide bonds. The molecule has 0 heterocycles. The van der Waals surface area contributed by atoms with Gasteiger partial charge in [-0.25, -0.2) is 10.6 Å². The monoisotopic (exact) mass is 312 g/mol. The highest BCUT2D eigenvalue weighted by molar-refractivity contribution is 6.04. The zero-order valence-electron chi connectivity index (χ0n) is 13.0. The second-order valence-electron chi connectivity index (χ2n) is 5.25. The van der Waals surface area contributed by atoms with Gasteiger partial charge in [0.25, 0.3) is 5.91 Å². The molecule has 0 atom stereocenters. The average Bonchev–Trinajstić information content (AvgIpc) is 2.59. The summed E-state index contributed by atoms with van der Waals surface area (Å²) in [6, 6.07) is 13.6. The maximum Gasteiger partial charge on any atom is 0.336 e. The van der Waals surface area contributed by atoms with E-state index in [4.69, 9.17) is 5.84 Å². The van der Waals surface area contributed by atoms with Gasteiger partial charge in [0.1, 0.15) is 0 Å². The van der Waals surface area contributed by atoms with Crippen LogP contribution in [0.3, 0.4) is 0 Å². The number of carboxylic acids is 1. The Labute approximate surface area is 135 Å². The van der Waals surface area contributed by atoms with E-state index in [0.29, 0.717) is 23.2 Å². The SMILES string of the molecule is CCCCN(N)C(=O)c1ccccc1-c1ccccc1C(=O)O. The van der Waals surface area contributed by atoms with E-state index in [0.717, 1.165) is 12.8 Å². The number of nitrogens with two attached hydrogens (primary N) is 1. The van der Waals surface area contributed by atoms with Gasteiger partial charge in [-0.3, -0.25) is 9.80 Å². The van der Waals surface area contributed by atoms with Crippen LogP contribution in [0.15, 0.2) is 48.5 Å². The van der Waals surface area contributed by atoms with Crippen LogP contribution in [0.25, 0.3) is 11.1 Å². The lowest BCUT2D eigenvalue weighted by atomic mass is 9.95. The van der Waals surface area contributed by atoms with Gasteiger partial charge in [0.15, 0.2) is 0 Å². The fraction of sp³-hybridized carbons (Fsp3) is 0.222. The van der Waals surface area contributed by atoms with E-state index in [2.05, 4.69) is 0 Å². The molecule has 0 aliphatic rings. The molecule has 120 valence electrons. The van der Waals surface area contributed by atoms with Crippen molar-refractivity contribution in [2.45, 2.75) is 19.8 Å². The lowest BCUT2D eigenvalue weighted by Gasteiger charge is -2.19. The summed E-state index contributed by atoms with van der Waals surface area (Å²) < 4.78 is 0. The number of hydrazine groups is 1. The third-order valence-corrected chi connectivity index (χ3v) is 3.62. The smallest absolute Gasteiger partial charge is 0.336 e. The Bertz CT molecular complexity index is 713. The highest BCUT2D eigenvalue weighted by atomic mass is 16.4. The number of hydrogen-bond donors (Lipinski definition) is 2. The van der Waals surface area contributed by atoms with E-state index in [-0.39, 0.29) is 11.5 Å². The van der Waals surface area contributed by atoms with Gasteiger partial charge < -0.3 is 5.11 Å². The van der Waals surface area contributed by atoms with Gasteiger partial charge in [0.05, 0.1) is 5.56 Å². The van der Waals surface area contributed by atoms with Crippen LogP contribution in [0.1, 0.15) is 40.5 Å². The van der Waals surface area contributed by atoms with Gasteiger partial charge in [0.2, 0.25) is 0 Å². The molecule has 2 aromatic rings. The Morgan fingerprint density at radius 3 is 2.09 bits per heavy atom. The summed E-state index contributed by atoms with van der Waals surface area (Å²) in [5, 5.41) is 10.5. The van der Waals surface area contributed by atoms with Crippen molar-refractivity contribution in [2.75, 3.05) is 6.54 Å². The quantitative estimate of drug-likeness (QED) is 0.487. The van der Waals surface area contributed by atoms with Crippen molar-refractivity contribution in [1.29, 1.82) is 0 Å². The summed E-state index contributed by atoms with van der Waals surface area (Å²) in [4.78, 5) is 24.0. The van der Waals surface area contributed by atoms with Crippen LogP contribution in [0, 0.1) is 0 Å². The molecule has 0 radical (unpaired) electrons. The van der Waals surface area contributed by atoms with Crippen molar-refractivity contribution in [3.63, 3.8) is 0 Å². The Kier molecular flexibility index (Phi) is 5.49. The highest BCUT2D eigenvalue weighted by Gasteiger charge is 2.19. The topological polar surface area (TPSA) is 83.6 Å². The van der Waals surface area contributed by atoms with Crippen molar-refractivity contribution in [2.24, 2.45) is 5.84 Å². The molecule has 0 saturated heterocycles. The summed E-state index contributed by atoms with van der Waals surface area (Å²) in [5.41, 5.74) is 1.64. The molecule has 0 bridgehead atoms. The van der Waals surface area contributed by atoms with Gasteiger partial charge in [-0.05, 0) is 29.7 Å². The summed E-state index contributed by atoms with van der Waals surface area (Å²) in [6.07, 6.45) is 1.75. The molecule has 0 saturated carbocycles. The summed E-state index contributed by atoms with van der Waals surface area (Å²) in [7, 11) is 0. The van der Waals surface area contributed by atoms with Crippen LogP contribution in [0.4, 0.5) is 0 Å². The van der Waals surface area contributed by atoms with Gasteiger partial charge in [-0.1, -0.05) is 49.7 Å². The first kappa shape index (κ1) is 16.7. The Hall–Kier alpha value is -2.66. The lowest BCUT2D eigenvalue weighted by molar-refractivity contribution is 0.0695. The van der Waals surface area contributed by atoms with Crippen molar-refractivity contribution in [3.8, 4) is 11.1 Å². The molecule has 0 aliphatic heterocycles. The molecule has 3 N–H and O–H groups in total. The van der Waals surface area contributed by atoms with E-state index < -0.39 is 5.97 Å². The molecule has 5 nitrogen and oxygen atoms in total. The molecule has 2 aromatic carbocycles. The standard InChI is InChI=1S/C18H20N2O3/c1-2-3-12-20(19)17(21)15-10-6-4-8-13(15)14-9-5-7-11-16(14)18(22)23/h4-11H,2-3,12,19H2,1H3,(H,22,23). The number of rotatable bonds is 6. The number of carbonyl (C=O) groups is 2. The zero-order valence-corrected chi connectivity index (χ0v) is 13.0. The van der Waals surface area contributed by atoms with Crippen LogP contribution in [0.2, 0.25) is 0 Å². The number of hydrogen-bond acceptors (Lipinski definition) is 3. The number of aromatic carboxylic acids is 1. The number of nitrogens with zero attached hydrogens (tertiary/aromatic N) is 1. The predicted molar refractivity (Wildman–Crippen MR) is 89.0 cm³/mol. The fourth-order valence-electron chi connectivity index (χ4n) is 2.39.